The average Bonchev–Trinajstić information content (AvgIpc) is 3.02. The molecule has 3 rings (SSSR count). The molecule has 0 saturated carbocycles. The van der Waals surface area contributed by atoms with Gasteiger partial charge in [-0.15, -0.1) is 0 Å². The summed E-state index contributed by atoms with van der Waals surface area (Å²) in [4.78, 5) is 18.8. The van der Waals surface area contributed by atoms with Crippen molar-refractivity contribution in [1.29, 1.82) is 0 Å². The first-order chi connectivity index (χ1) is 10.2. The molecule has 2 heterocycles. The van der Waals surface area contributed by atoms with Gasteiger partial charge in [0, 0.05) is 31.8 Å². The van der Waals surface area contributed by atoms with Crippen molar-refractivity contribution in [2.75, 3.05) is 25.6 Å². The first kappa shape index (κ1) is 13.8. The molecule has 21 heavy (non-hydrogen) atoms. The van der Waals surface area contributed by atoms with E-state index in [-0.39, 0.29) is 12.0 Å². The van der Waals surface area contributed by atoms with Gasteiger partial charge >= 0.3 is 0 Å². The highest BCUT2D eigenvalue weighted by Gasteiger charge is 2.28. The molecule has 1 aromatic carbocycles. The number of nitrogen functional groups attached to an aromatic ring is 1. The van der Waals surface area contributed by atoms with Gasteiger partial charge in [-0.05, 0) is 11.8 Å². The highest BCUT2D eigenvalue weighted by molar-refractivity contribution is 6.09. The van der Waals surface area contributed by atoms with E-state index in [0.717, 1.165) is 17.2 Å². The summed E-state index contributed by atoms with van der Waals surface area (Å²) in [5, 5.41) is 1.69. The van der Waals surface area contributed by atoms with Gasteiger partial charge in [-0.3, -0.25) is 4.79 Å². The van der Waals surface area contributed by atoms with Crippen LogP contribution in [0.2, 0.25) is 0 Å². The largest absolute Gasteiger partial charge is 0.380 e. The van der Waals surface area contributed by atoms with E-state index in [1.807, 2.05) is 29.2 Å². The summed E-state index contributed by atoms with van der Waals surface area (Å²) in [5.74, 6) is 6.03. The molecule has 0 aliphatic carbocycles. The Balaban J connectivity index is 1.99. The number of carbonyl (C=O) groups excluding carboxylic acids is 1. The molecule has 6 heteroatoms. The molecule has 1 fully saturated rings. The van der Waals surface area contributed by atoms with E-state index in [9.17, 15) is 4.79 Å². The number of nitrogens with one attached hydrogen (secondary N) is 1. The number of fused-ring (bicyclic) bond motifs is 1. The third-order valence-electron chi connectivity index (χ3n) is 3.93. The fraction of sp³-hybridized carbons (Fsp3) is 0.333. The molecule has 1 atom stereocenters. The summed E-state index contributed by atoms with van der Waals surface area (Å²) in [5.41, 5.74) is 3.16. The van der Waals surface area contributed by atoms with Crippen LogP contribution >= 0.6 is 0 Å². The highest BCUT2D eigenvalue weighted by Crippen LogP contribution is 2.26. The number of carbonyl (C=O) groups is 1. The van der Waals surface area contributed by atoms with Gasteiger partial charge in [0.25, 0.3) is 5.91 Å². The van der Waals surface area contributed by atoms with Crippen LogP contribution in [0.3, 0.4) is 0 Å². The maximum absolute atomic E-state index is 12.7. The second-order valence-corrected chi connectivity index (χ2v) is 5.11. The van der Waals surface area contributed by atoms with Gasteiger partial charge in [-0.2, -0.15) is 0 Å². The molecule has 1 aliphatic rings. The van der Waals surface area contributed by atoms with Crippen molar-refractivity contribution < 1.29 is 9.53 Å². The SMILES string of the molecule is COC1CCN(C(=O)c2cnc(NN)c3ccccc23)C1. The Morgan fingerprint density at radius 1 is 1.43 bits per heavy atom. The zero-order valence-electron chi connectivity index (χ0n) is 11.9. The molecule has 1 saturated heterocycles. The molecule has 0 bridgehead atoms. The predicted molar refractivity (Wildman–Crippen MR) is 80.9 cm³/mol. The Bertz CT molecular complexity index is 674. The van der Waals surface area contributed by atoms with Crippen molar-refractivity contribution in [2.24, 2.45) is 5.84 Å². The number of amides is 1. The number of hydrogen-bond acceptors (Lipinski definition) is 5. The Labute approximate surface area is 122 Å². The van der Waals surface area contributed by atoms with E-state index in [1.165, 1.54) is 0 Å². The van der Waals surface area contributed by atoms with Crippen molar-refractivity contribution in [3.8, 4) is 0 Å². The number of aromatic nitrogens is 1. The third kappa shape index (κ3) is 2.43. The highest BCUT2D eigenvalue weighted by atomic mass is 16.5. The van der Waals surface area contributed by atoms with E-state index in [0.29, 0.717) is 24.5 Å². The van der Waals surface area contributed by atoms with Crippen molar-refractivity contribution in [2.45, 2.75) is 12.5 Å². The molecule has 0 radical (unpaired) electrons. The molecule has 1 unspecified atom stereocenters. The summed E-state index contributed by atoms with van der Waals surface area (Å²) in [7, 11) is 1.68. The fourth-order valence-corrected chi connectivity index (χ4v) is 2.75. The number of nitrogens with two attached hydrogens (primary N) is 1. The quantitative estimate of drug-likeness (QED) is 0.658. The summed E-state index contributed by atoms with van der Waals surface area (Å²) in [6, 6.07) is 7.61. The van der Waals surface area contributed by atoms with Crippen LogP contribution in [0.15, 0.2) is 30.5 Å². The standard InChI is InChI=1S/C15H18N4O2/c1-21-10-6-7-19(9-10)15(20)13-8-17-14(18-16)12-5-3-2-4-11(12)13/h2-5,8,10H,6-7,9,16H2,1H3,(H,17,18). The molecule has 1 aromatic heterocycles. The number of anilines is 1. The number of benzene rings is 1. The lowest BCUT2D eigenvalue weighted by Crippen LogP contribution is -2.30. The van der Waals surface area contributed by atoms with Gasteiger partial charge in [-0.25, -0.2) is 10.8 Å². The molecular formula is C15H18N4O2. The number of likely N-dealkylation sites (tertiary alicyclic amines) is 1. The Morgan fingerprint density at radius 3 is 2.86 bits per heavy atom. The maximum Gasteiger partial charge on any atom is 0.256 e. The van der Waals surface area contributed by atoms with E-state index in [2.05, 4.69) is 10.4 Å². The minimum Gasteiger partial charge on any atom is -0.380 e. The predicted octanol–water partition coefficient (Wildman–Crippen LogP) is 1.38. The molecule has 0 spiro atoms. The topological polar surface area (TPSA) is 80.5 Å². The molecule has 1 amide bonds. The Hall–Kier alpha value is -2.18. The van der Waals surface area contributed by atoms with Crippen LogP contribution in [0, 0.1) is 0 Å². The first-order valence-corrected chi connectivity index (χ1v) is 6.91. The van der Waals surface area contributed by atoms with Crippen LogP contribution < -0.4 is 11.3 Å². The lowest BCUT2D eigenvalue weighted by Gasteiger charge is -2.17. The summed E-state index contributed by atoms with van der Waals surface area (Å²) < 4.78 is 5.32. The molecule has 110 valence electrons. The smallest absolute Gasteiger partial charge is 0.256 e. The van der Waals surface area contributed by atoms with Gasteiger partial charge in [0.05, 0.1) is 11.7 Å². The molecular weight excluding hydrogens is 268 g/mol. The lowest BCUT2D eigenvalue weighted by atomic mass is 10.1. The minimum absolute atomic E-state index is 0.0122. The fourth-order valence-electron chi connectivity index (χ4n) is 2.75. The minimum atomic E-state index is -0.0122. The lowest BCUT2D eigenvalue weighted by molar-refractivity contribution is 0.0725. The van der Waals surface area contributed by atoms with Gasteiger partial charge in [0.15, 0.2) is 0 Å². The van der Waals surface area contributed by atoms with E-state index in [1.54, 1.807) is 13.3 Å². The maximum atomic E-state index is 12.7. The average molecular weight is 286 g/mol. The zero-order chi connectivity index (χ0) is 14.8. The van der Waals surface area contributed by atoms with Crippen LogP contribution in [0.5, 0.6) is 0 Å². The number of rotatable bonds is 3. The first-order valence-electron chi connectivity index (χ1n) is 6.91. The van der Waals surface area contributed by atoms with Crippen molar-refractivity contribution in [1.82, 2.24) is 9.88 Å². The van der Waals surface area contributed by atoms with Crippen LogP contribution in [-0.4, -0.2) is 42.1 Å². The van der Waals surface area contributed by atoms with Crippen molar-refractivity contribution >= 4 is 22.5 Å². The number of ether oxygens (including phenoxy) is 1. The number of hydrogen-bond donors (Lipinski definition) is 2. The van der Waals surface area contributed by atoms with Gasteiger partial charge in [0.2, 0.25) is 0 Å². The Morgan fingerprint density at radius 2 is 2.19 bits per heavy atom. The van der Waals surface area contributed by atoms with E-state index < -0.39 is 0 Å². The second kappa shape index (κ2) is 5.67. The summed E-state index contributed by atoms with van der Waals surface area (Å²) in [6.45, 7) is 1.34. The normalized spacial score (nSPS) is 18.2. The monoisotopic (exact) mass is 286 g/mol. The van der Waals surface area contributed by atoms with Gasteiger partial charge < -0.3 is 15.1 Å². The molecule has 6 nitrogen and oxygen atoms in total. The zero-order valence-corrected chi connectivity index (χ0v) is 11.9. The van der Waals surface area contributed by atoms with Crippen molar-refractivity contribution in [3.63, 3.8) is 0 Å². The summed E-state index contributed by atoms with van der Waals surface area (Å²) in [6.07, 6.45) is 2.58. The third-order valence-corrected chi connectivity index (χ3v) is 3.93. The number of hydrazine groups is 1. The van der Waals surface area contributed by atoms with Crippen LogP contribution in [0.25, 0.3) is 10.8 Å². The van der Waals surface area contributed by atoms with Crippen LogP contribution in [-0.2, 0) is 4.74 Å². The van der Waals surface area contributed by atoms with E-state index in [4.69, 9.17) is 10.6 Å². The van der Waals surface area contributed by atoms with Crippen LogP contribution in [0.4, 0.5) is 5.82 Å². The number of nitrogens with zero attached hydrogens (tertiary/aromatic N) is 2. The summed E-state index contributed by atoms with van der Waals surface area (Å²) >= 11 is 0. The number of pyridine rings is 1. The van der Waals surface area contributed by atoms with Crippen LogP contribution in [0.1, 0.15) is 16.8 Å². The molecule has 1 aliphatic heterocycles. The number of methoxy groups -OCH3 is 1. The molecule has 3 N–H and O–H groups in total. The molecule has 2 aromatic rings. The second-order valence-electron chi connectivity index (χ2n) is 5.11. The van der Waals surface area contributed by atoms with E-state index >= 15 is 0 Å². The van der Waals surface area contributed by atoms with Gasteiger partial charge in [-0.1, -0.05) is 24.3 Å². The Kier molecular flexibility index (Phi) is 3.72. The van der Waals surface area contributed by atoms with Crippen molar-refractivity contribution in [3.05, 3.63) is 36.0 Å². The van der Waals surface area contributed by atoms with Gasteiger partial charge in [0.1, 0.15) is 5.82 Å².